The predicted molar refractivity (Wildman–Crippen MR) is 72.9 cm³/mol. The molecule has 0 saturated heterocycles. The highest BCUT2D eigenvalue weighted by Gasteiger charge is 2.24. The van der Waals surface area contributed by atoms with Crippen LogP contribution in [-0.4, -0.2) is 17.4 Å². The van der Waals surface area contributed by atoms with Gasteiger partial charge in [-0.2, -0.15) is 0 Å². The smallest absolute Gasteiger partial charge is 0.179 e. The van der Waals surface area contributed by atoms with E-state index in [4.69, 9.17) is 10.5 Å². The fraction of sp³-hybridized carbons (Fsp3) is 0.400. The van der Waals surface area contributed by atoms with Crippen LogP contribution in [0.2, 0.25) is 0 Å². The van der Waals surface area contributed by atoms with Crippen LogP contribution in [0, 0.1) is 6.92 Å². The molecule has 0 bridgehead atoms. The first kappa shape index (κ1) is 12.8. The van der Waals surface area contributed by atoms with E-state index in [1.165, 1.54) is 0 Å². The van der Waals surface area contributed by atoms with Gasteiger partial charge in [-0.25, -0.2) is 0 Å². The van der Waals surface area contributed by atoms with Crippen LogP contribution in [0.1, 0.15) is 42.3 Å². The summed E-state index contributed by atoms with van der Waals surface area (Å²) in [6.45, 7) is 7.67. The van der Waals surface area contributed by atoms with E-state index in [2.05, 4.69) is 0 Å². The molecule has 1 aliphatic heterocycles. The van der Waals surface area contributed by atoms with Crippen LogP contribution < -0.4 is 10.5 Å². The first-order valence-electron chi connectivity index (χ1n) is 6.13. The lowest BCUT2D eigenvalue weighted by Crippen LogP contribution is -2.29. The molecule has 0 aliphatic carbocycles. The van der Waals surface area contributed by atoms with Crippen molar-refractivity contribution in [2.45, 2.75) is 39.3 Å². The molecule has 0 radical (unpaired) electrons. The maximum atomic E-state index is 11.9. The molecular weight excluding hydrogens is 226 g/mol. The summed E-state index contributed by atoms with van der Waals surface area (Å²) in [6, 6.07) is 3.21. The topological polar surface area (TPSA) is 52.3 Å². The van der Waals surface area contributed by atoms with Gasteiger partial charge in [0.1, 0.15) is 11.4 Å². The molecule has 18 heavy (non-hydrogen) atoms. The maximum absolute atomic E-state index is 11.9. The monoisotopic (exact) mass is 245 g/mol. The number of rotatable bonds is 2. The van der Waals surface area contributed by atoms with Crippen LogP contribution in [-0.2, 0) is 0 Å². The van der Waals surface area contributed by atoms with Crippen LogP contribution in [0.3, 0.4) is 0 Å². The number of ether oxygens (including phenoxy) is 1. The Bertz CT molecular complexity index is 528. The average Bonchev–Trinajstić information content (AvgIpc) is 2.28. The summed E-state index contributed by atoms with van der Waals surface area (Å²) in [5.41, 5.74) is 7.89. The summed E-state index contributed by atoms with van der Waals surface area (Å²) in [7, 11) is 0. The molecule has 0 fully saturated rings. The number of carbonyl (C=O) groups is 1. The van der Waals surface area contributed by atoms with E-state index in [-0.39, 0.29) is 11.4 Å². The maximum Gasteiger partial charge on any atom is 0.179 e. The first-order chi connectivity index (χ1) is 8.30. The minimum atomic E-state index is -0.479. The van der Waals surface area contributed by atoms with Crippen LogP contribution in [0.5, 0.6) is 5.75 Å². The van der Waals surface area contributed by atoms with Crippen molar-refractivity contribution in [1.29, 1.82) is 0 Å². The predicted octanol–water partition coefficient (Wildman–Crippen LogP) is 2.71. The van der Waals surface area contributed by atoms with E-state index in [1.807, 2.05) is 45.1 Å². The van der Waals surface area contributed by atoms with Gasteiger partial charge < -0.3 is 10.5 Å². The van der Waals surface area contributed by atoms with E-state index >= 15 is 0 Å². The van der Waals surface area contributed by atoms with Crippen LogP contribution in [0.25, 0.3) is 6.08 Å². The summed E-state index contributed by atoms with van der Waals surface area (Å²) in [5, 5.41) is 0. The molecule has 1 aliphatic rings. The molecule has 2 rings (SSSR count). The minimum absolute atomic E-state index is 0.0425. The first-order valence-corrected chi connectivity index (χ1v) is 6.13. The average molecular weight is 245 g/mol. The molecule has 0 saturated carbocycles. The fourth-order valence-corrected chi connectivity index (χ4v) is 2.06. The van der Waals surface area contributed by atoms with Gasteiger partial charge in [-0.05, 0) is 51.5 Å². The normalized spacial score (nSPS) is 17.8. The van der Waals surface area contributed by atoms with Gasteiger partial charge in [0.05, 0.1) is 6.04 Å². The van der Waals surface area contributed by atoms with Crippen molar-refractivity contribution in [3.8, 4) is 5.75 Å². The second-order valence-electron chi connectivity index (χ2n) is 5.40. The largest absolute Gasteiger partial charge is 0.483 e. The van der Waals surface area contributed by atoms with Gasteiger partial charge in [0, 0.05) is 11.1 Å². The Labute approximate surface area is 108 Å². The zero-order valence-corrected chi connectivity index (χ0v) is 11.3. The second-order valence-corrected chi connectivity index (χ2v) is 5.40. The highest BCUT2D eigenvalue weighted by molar-refractivity contribution is 6.00. The molecule has 0 amide bonds. The Morgan fingerprint density at radius 2 is 2.06 bits per heavy atom. The van der Waals surface area contributed by atoms with E-state index in [0.29, 0.717) is 5.56 Å². The van der Waals surface area contributed by atoms with Crippen molar-refractivity contribution in [1.82, 2.24) is 0 Å². The standard InChI is InChI=1S/C15H19NO2/c1-9-7-12(13(17)10(2)16)8-11-5-6-15(3,4)18-14(9)11/h5-8,10H,16H2,1-4H3. The van der Waals surface area contributed by atoms with Gasteiger partial charge in [-0.1, -0.05) is 6.08 Å². The van der Waals surface area contributed by atoms with E-state index < -0.39 is 6.04 Å². The van der Waals surface area contributed by atoms with Crippen LogP contribution in [0.4, 0.5) is 0 Å². The lowest BCUT2D eigenvalue weighted by molar-refractivity contribution is 0.0967. The highest BCUT2D eigenvalue weighted by atomic mass is 16.5. The van der Waals surface area contributed by atoms with Gasteiger partial charge in [0.2, 0.25) is 0 Å². The third-order valence-corrected chi connectivity index (χ3v) is 3.03. The van der Waals surface area contributed by atoms with Crippen LogP contribution in [0.15, 0.2) is 18.2 Å². The van der Waals surface area contributed by atoms with E-state index in [1.54, 1.807) is 6.92 Å². The lowest BCUT2D eigenvalue weighted by Gasteiger charge is -2.29. The Hall–Kier alpha value is -1.61. The van der Waals surface area contributed by atoms with Crippen molar-refractivity contribution in [2.75, 3.05) is 0 Å². The highest BCUT2D eigenvalue weighted by Crippen LogP contribution is 2.34. The van der Waals surface area contributed by atoms with Gasteiger partial charge >= 0.3 is 0 Å². The number of hydrogen-bond acceptors (Lipinski definition) is 3. The Morgan fingerprint density at radius 3 is 2.67 bits per heavy atom. The second kappa shape index (κ2) is 4.25. The van der Waals surface area contributed by atoms with Crippen molar-refractivity contribution >= 4 is 11.9 Å². The van der Waals surface area contributed by atoms with Crippen molar-refractivity contribution in [3.63, 3.8) is 0 Å². The fourth-order valence-electron chi connectivity index (χ4n) is 2.06. The molecule has 96 valence electrons. The summed E-state index contributed by atoms with van der Waals surface area (Å²) in [6.07, 6.45) is 4.00. The summed E-state index contributed by atoms with van der Waals surface area (Å²) in [4.78, 5) is 11.9. The molecule has 1 aromatic rings. The molecule has 2 N–H and O–H groups in total. The molecule has 3 nitrogen and oxygen atoms in total. The molecular formula is C15H19NO2. The third kappa shape index (κ3) is 2.31. The SMILES string of the molecule is Cc1cc(C(=O)C(C)N)cc2c1OC(C)(C)C=C2. The van der Waals surface area contributed by atoms with Gasteiger partial charge in [-0.15, -0.1) is 0 Å². The molecule has 3 heteroatoms. The molecule has 1 unspecified atom stereocenters. The van der Waals surface area contributed by atoms with Crippen LogP contribution >= 0.6 is 0 Å². The Morgan fingerprint density at radius 1 is 1.39 bits per heavy atom. The Balaban J connectivity index is 2.48. The molecule has 1 aromatic carbocycles. The number of benzene rings is 1. The number of hydrogen-bond donors (Lipinski definition) is 1. The molecule has 1 heterocycles. The third-order valence-electron chi connectivity index (χ3n) is 3.03. The number of nitrogens with two attached hydrogens (primary N) is 1. The molecule has 1 atom stereocenters. The van der Waals surface area contributed by atoms with Crippen molar-refractivity contribution in [2.24, 2.45) is 5.73 Å². The Kier molecular flexibility index (Phi) is 3.03. The molecule has 0 aromatic heterocycles. The minimum Gasteiger partial charge on any atom is -0.483 e. The van der Waals surface area contributed by atoms with Gasteiger partial charge in [0.15, 0.2) is 5.78 Å². The number of Topliss-reactive ketones (excluding diaryl/α,β-unsaturated/α-hetero) is 1. The zero-order valence-electron chi connectivity index (χ0n) is 11.3. The van der Waals surface area contributed by atoms with Gasteiger partial charge in [0.25, 0.3) is 0 Å². The summed E-state index contributed by atoms with van der Waals surface area (Å²) < 4.78 is 5.92. The van der Waals surface area contributed by atoms with Gasteiger partial charge in [-0.3, -0.25) is 4.79 Å². The van der Waals surface area contributed by atoms with E-state index in [0.717, 1.165) is 16.9 Å². The lowest BCUT2D eigenvalue weighted by atomic mass is 9.95. The number of fused-ring (bicyclic) bond motifs is 1. The van der Waals surface area contributed by atoms with Crippen molar-refractivity contribution in [3.05, 3.63) is 34.9 Å². The summed E-state index contributed by atoms with van der Waals surface area (Å²) >= 11 is 0. The zero-order chi connectivity index (χ0) is 13.5. The summed E-state index contributed by atoms with van der Waals surface area (Å²) in [5.74, 6) is 0.808. The van der Waals surface area contributed by atoms with Crippen molar-refractivity contribution < 1.29 is 9.53 Å². The van der Waals surface area contributed by atoms with E-state index in [9.17, 15) is 4.79 Å². The number of carbonyl (C=O) groups excluding carboxylic acids is 1. The number of ketones is 1. The molecule has 0 spiro atoms. The quantitative estimate of drug-likeness (QED) is 0.815. The number of aryl methyl sites for hydroxylation is 1.